The lowest BCUT2D eigenvalue weighted by atomic mass is 10.2. The maximum absolute atomic E-state index is 13.1. The monoisotopic (exact) mass is 489 g/mol. The molecule has 0 radical (unpaired) electrons. The molecule has 0 unspecified atom stereocenters. The lowest BCUT2D eigenvalue weighted by Gasteiger charge is -2.35. The molecule has 154 valence electrons. The highest BCUT2D eigenvalue weighted by atomic mass is 79.9. The maximum Gasteiger partial charge on any atom is 0.417 e. The number of alkyl halides is 3. The molecule has 1 aliphatic rings. The molecule has 3 aromatic rings. The zero-order chi connectivity index (χ0) is 20.8. The molecule has 1 aromatic carbocycles. The molecule has 29 heavy (non-hydrogen) atoms. The maximum atomic E-state index is 13.1. The van der Waals surface area contributed by atoms with E-state index >= 15 is 0 Å². The Kier molecular flexibility index (Phi) is 5.34. The van der Waals surface area contributed by atoms with Gasteiger partial charge >= 0.3 is 6.18 Å². The van der Waals surface area contributed by atoms with Gasteiger partial charge in [0.2, 0.25) is 5.95 Å². The fraction of sp³-hybridized carbons (Fsp3) is 0.333. The van der Waals surface area contributed by atoms with Crippen LogP contribution in [0.15, 0.2) is 28.9 Å². The fourth-order valence-corrected chi connectivity index (χ4v) is 4.18. The second-order valence-corrected chi connectivity index (χ2v) is 7.95. The van der Waals surface area contributed by atoms with E-state index in [9.17, 15) is 13.2 Å². The van der Waals surface area contributed by atoms with Gasteiger partial charge in [-0.25, -0.2) is 9.97 Å². The Hall–Kier alpha value is -2.04. The van der Waals surface area contributed by atoms with E-state index in [1.807, 2.05) is 9.80 Å². The van der Waals surface area contributed by atoms with Crippen molar-refractivity contribution in [2.24, 2.45) is 0 Å². The van der Waals surface area contributed by atoms with Gasteiger partial charge in [-0.1, -0.05) is 27.5 Å². The quantitative estimate of drug-likeness (QED) is 0.576. The van der Waals surface area contributed by atoms with E-state index in [0.717, 1.165) is 6.07 Å². The van der Waals surface area contributed by atoms with Crippen LogP contribution in [-0.4, -0.2) is 46.2 Å². The van der Waals surface area contributed by atoms with Gasteiger partial charge in [-0.2, -0.15) is 13.2 Å². The fourth-order valence-electron chi connectivity index (χ4n) is 3.30. The van der Waals surface area contributed by atoms with Crippen LogP contribution in [0.25, 0.3) is 11.0 Å². The van der Waals surface area contributed by atoms with Crippen molar-refractivity contribution in [3.63, 3.8) is 0 Å². The van der Waals surface area contributed by atoms with Gasteiger partial charge in [0.05, 0.1) is 28.2 Å². The number of nitrogens with one attached hydrogen (secondary N) is 1. The van der Waals surface area contributed by atoms with E-state index in [4.69, 9.17) is 16.7 Å². The molecular weight excluding hydrogens is 475 g/mol. The minimum Gasteiger partial charge on any atom is -0.392 e. The summed E-state index contributed by atoms with van der Waals surface area (Å²) in [6, 6.07) is 4.13. The molecule has 1 saturated heterocycles. The molecule has 11 heteroatoms. The summed E-state index contributed by atoms with van der Waals surface area (Å²) in [4.78, 5) is 15.8. The van der Waals surface area contributed by atoms with Crippen LogP contribution in [0, 0.1) is 0 Å². The summed E-state index contributed by atoms with van der Waals surface area (Å²) in [5, 5.41) is 9.64. The van der Waals surface area contributed by atoms with E-state index in [1.54, 1.807) is 12.3 Å². The SMILES string of the molecule is OCc1cnc(N2CCN(c3nc4cc(C(F)(F)F)c(Br)cc4[nH]3)CC2)c(Cl)c1. The van der Waals surface area contributed by atoms with Gasteiger partial charge in [0, 0.05) is 36.8 Å². The standard InChI is InChI=1S/C18H16BrClF3N5O/c19-12-7-15-14(6-11(12)18(21,22)23)25-17(26-15)28-3-1-27(2-4-28)16-13(20)5-10(9-29)8-24-16/h5-8,29H,1-4,9H2,(H,25,26). The summed E-state index contributed by atoms with van der Waals surface area (Å²) in [5.74, 6) is 1.17. The first-order valence-electron chi connectivity index (χ1n) is 8.78. The molecule has 2 N–H and O–H groups in total. The van der Waals surface area contributed by atoms with Crippen LogP contribution in [0.2, 0.25) is 5.02 Å². The third-order valence-corrected chi connectivity index (χ3v) is 5.74. The number of hydrogen-bond acceptors (Lipinski definition) is 5. The van der Waals surface area contributed by atoms with Crippen molar-refractivity contribution < 1.29 is 18.3 Å². The number of piperazine rings is 1. The van der Waals surface area contributed by atoms with E-state index < -0.39 is 11.7 Å². The van der Waals surface area contributed by atoms with Gasteiger partial charge in [-0.3, -0.25) is 0 Å². The van der Waals surface area contributed by atoms with Crippen LogP contribution < -0.4 is 9.80 Å². The highest BCUT2D eigenvalue weighted by Crippen LogP contribution is 2.37. The molecule has 0 saturated carbocycles. The molecule has 6 nitrogen and oxygen atoms in total. The summed E-state index contributed by atoms with van der Waals surface area (Å²) in [6.07, 6.45) is -2.86. The van der Waals surface area contributed by atoms with Gasteiger partial charge in [0.15, 0.2) is 0 Å². The first-order valence-corrected chi connectivity index (χ1v) is 9.95. The molecule has 0 atom stereocenters. The normalized spacial score (nSPS) is 15.4. The van der Waals surface area contributed by atoms with Gasteiger partial charge in [0.25, 0.3) is 0 Å². The number of rotatable bonds is 3. The van der Waals surface area contributed by atoms with Gasteiger partial charge < -0.3 is 19.9 Å². The number of aromatic amines is 1. The molecule has 1 aliphatic heterocycles. The van der Waals surface area contributed by atoms with Gasteiger partial charge in [0.1, 0.15) is 5.82 Å². The highest BCUT2D eigenvalue weighted by Gasteiger charge is 2.34. The third kappa shape index (κ3) is 4.01. The summed E-state index contributed by atoms with van der Waals surface area (Å²) in [7, 11) is 0. The Labute approximate surface area is 177 Å². The zero-order valence-corrected chi connectivity index (χ0v) is 17.3. The minimum atomic E-state index is -4.45. The highest BCUT2D eigenvalue weighted by molar-refractivity contribution is 9.10. The van der Waals surface area contributed by atoms with Crippen LogP contribution in [0.3, 0.4) is 0 Å². The van der Waals surface area contributed by atoms with Crippen LogP contribution in [0.5, 0.6) is 0 Å². The number of fused-ring (bicyclic) bond motifs is 1. The number of H-pyrrole nitrogens is 1. The predicted molar refractivity (Wildman–Crippen MR) is 108 cm³/mol. The van der Waals surface area contributed by atoms with E-state index in [-0.39, 0.29) is 16.6 Å². The van der Waals surface area contributed by atoms with Crippen molar-refractivity contribution in [1.82, 2.24) is 15.0 Å². The van der Waals surface area contributed by atoms with E-state index in [0.29, 0.717) is 54.0 Å². The average molecular weight is 491 g/mol. The van der Waals surface area contributed by atoms with Gasteiger partial charge in [-0.05, 0) is 23.8 Å². The summed E-state index contributed by atoms with van der Waals surface area (Å²) in [5.41, 5.74) is 0.692. The average Bonchev–Trinajstić information content (AvgIpc) is 3.09. The topological polar surface area (TPSA) is 68.3 Å². The first kappa shape index (κ1) is 20.2. The second kappa shape index (κ2) is 7.66. The number of imidazole rings is 1. The molecule has 0 bridgehead atoms. The number of pyridine rings is 1. The van der Waals surface area contributed by atoms with Crippen molar-refractivity contribution in [3.05, 3.63) is 45.0 Å². The Morgan fingerprint density at radius 3 is 2.45 bits per heavy atom. The van der Waals surface area contributed by atoms with Crippen molar-refractivity contribution in [3.8, 4) is 0 Å². The van der Waals surface area contributed by atoms with Gasteiger partial charge in [-0.15, -0.1) is 0 Å². The smallest absolute Gasteiger partial charge is 0.392 e. The number of hydrogen-bond donors (Lipinski definition) is 2. The molecule has 0 spiro atoms. The van der Waals surface area contributed by atoms with E-state index in [1.165, 1.54) is 6.07 Å². The zero-order valence-electron chi connectivity index (χ0n) is 15.0. The molecule has 2 aromatic heterocycles. The lowest BCUT2D eigenvalue weighted by molar-refractivity contribution is -0.138. The van der Waals surface area contributed by atoms with E-state index in [2.05, 4.69) is 30.9 Å². The minimum absolute atomic E-state index is 0.0236. The van der Waals surface area contributed by atoms with Crippen molar-refractivity contribution >= 4 is 50.3 Å². The van der Waals surface area contributed by atoms with Crippen LogP contribution >= 0.6 is 27.5 Å². The first-order chi connectivity index (χ1) is 13.8. The van der Waals surface area contributed by atoms with Crippen LogP contribution in [-0.2, 0) is 12.8 Å². The summed E-state index contributed by atoms with van der Waals surface area (Å²) in [6.45, 7) is 2.33. The number of aliphatic hydroxyl groups is 1. The van der Waals surface area contributed by atoms with Crippen molar-refractivity contribution in [2.45, 2.75) is 12.8 Å². The molecule has 0 aliphatic carbocycles. The molecule has 0 amide bonds. The molecule has 3 heterocycles. The largest absolute Gasteiger partial charge is 0.417 e. The number of aromatic nitrogens is 3. The van der Waals surface area contributed by atoms with Crippen LogP contribution in [0.1, 0.15) is 11.1 Å². The predicted octanol–water partition coefficient (Wildman–Crippen LogP) is 4.21. The molecular formula is C18H16BrClF3N5O. The second-order valence-electron chi connectivity index (χ2n) is 6.69. The Bertz CT molecular complexity index is 1050. The number of halogens is 5. The number of aliphatic hydroxyl groups excluding tert-OH is 1. The lowest BCUT2D eigenvalue weighted by Crippen LogP contribution is -2.47. The molecule has 4 rings (SSSR count). The molecule has 1 fully saturated rings. The van der Waals surface area contributed by atoms with Crippen LogP contribution in [0.4, 0.5) is 24.9 Å². The van der Waals surface area contributed by atoms with Crippen molar-refractivity contribution in [1.29, 1.82) is 0 Å². The third-order valence-electron chi connectivity index (χ3n) is 4.80. The Balaban J connectivity index is 1.52. The van der Waals surface area contributed by atoms with Crippen molar-refractivity contribution in [2.75, 3.05) is 36.0 Å². The number of anilines is 2. The summed E-state index contributed by atoms with van der Waals surface area (Å²) < 4.78 is 39.3. The Morgan fingerprint density at radius 1 is 1.14 bits per heavy atom. The number of benzene rings is 1. The number of nitrogens with zero attached hydrogens (tertiary/aromatic N) is 4. The Morgan fingerprint density at radius 2 is 1.83 bits per heavy atom. The summed E-state index contributed by atoms with van der Waals surface area (Å²) >= 11 is 9.26.